The Morgan fingerprint density at radius 1 is 1.39 bits per heavy atom. The Balaban J connectivity index is 1.77. The van der Waals surface area contributed by atoms with Crippen molar-refractivity contribution in [2.75, 3.05) is 5.32 Å². The minimum Gasteiger partial charge on any atom is -0.350 e. The van der Waals surface area contributed by atoms with Crippen molar-refractivity contribution in [3.63, 3.8) is 0 Å². The van der Waals surface area contributed by atoms with Crippen LogP contribution in [0.1, 0.15) is 29.3 Å². The number of nitrogens with one attached hydrogen (secondary N) is 2. The third-order valence-corrected chi connectivity index (χ3v) is 4.29. The van der Waals surface area contributed by atoms with Gasteiger partial charge >= 0.3 is 0 Å². The molecule has 0 unspecified atom stereocenters. The highest BCUT2D eigenvalue weighted by Gasteiger charge is 2.30. The van der Waals surface area contributed by atoms with Crippen LogP contribution in [0.5, 0.6) is 0 Å². The standard InChI is InChI=1S/C17H18FN3O2/c1-10-3-5-12(21(10)2)9-19-17(23)14-8-16(22)20-15-7-11(18)4-6-13(14)15/h3-7,14H,8-9H2,1-2H3,(H,19,23)(H,20,22)/t14-/m0/s1. The lowest BCUT2D eigenvalue weighted by Gasteiger charge is -2.25. The lowest BCUT2D eigenvalue weighted by atomic mass is 9.89. The molecule has 0 fully saturated rings. The molecule has 1 aliphatic rings. The maximum Gasteiger partial charge on any atom is 0.228 e. The van der Waals surface area contributed by atoms with Crippen molar-refractivity contribution in [2.45, 2.75) is 25.8 Å². The molecule has 2 N–H and O–H groups in total. The van der Waals surface area contributed by atoms with E-state index in [1.165, 1.54) is 12.1 Å². The van der Waals surface area contributed by atoms with Gasteiger partial charge in [-0.3, -0.25) is 9.59 Å². The summed E-state index contributed by atoms with van der Waals surface area (Å²) in [6, 6.07) is 8.03. The van der Waals surface area contributed by atoms with E-state index in [0.29, 0.717) is 17.8 Å². The number of rotatable bonds is 3. The molecule has 1 aromatic heterocycles. The summed E-state index contributed by atoms with van der Waals surface area (Å²) >= 11 is 0. The lowest BCUT2D eigenvalue weighted by Crippen LogP contribution is -2.35. The van der Waals surface area contributed by atoms with Gasteiger partial charge in [-0.2, -0.15) is 0 Å². The quantitative estimate of drug-likeness (QED) is 0.912. The Hall–Kier alpha value is -2.63. The molecule has 1 atom stereocenters. The number of halogens is 1. The highest BCUT2D eigenvalue weighted by molar-refractivity contribution is 6.01. The number of anilines is 1. The molecule has 2 heterocycles. The van der Waals surface area contributed by atoms with Crippen molar-refractivity contribution in [3.8, 4) is 0 Å². The lowest BCUT2D eigenvalue weighted by molar-refractivity contribution is -0.126. The van der Waals surface area contributed by atoms with E-state index in [2.05, 4.69) is 10.6 Å². The molecule has 0 saturated carbocycles. The summed E-state index contributed by atoms with van der Waals surface area (Å²) in [7, 11) is 1.93. The highest BCUT2D eigenvalue weighted by Crippen LogP contribution is 2.32. The summed E-state index contributed by atoms with van der Waals surface area (Å²) in [6.07, 6.45) is 0.0661. The van der Waals surface area contributed by atoms with Gasteiger partial charge in [-0.05, 0) is 36.8 Å². The van der Waals surface area contributed by atoms with Crippen LogP contribution < -0.4 is 10.6 Å². The third-order valence-electron chi connectivity index (χ3n) is 4.29. The molecule has 23 heavy (non-hydrogen) atoms. The van der Waals surface area contributed by atoms with Crippen LogP contribution in [0.25, 0.3) is 0 Å². The molecule has 0 spiro atoms. The summed E-state index contributed by atoms with van der Waals surface area (Å²) in [5, 5.41) is 5.47. The molecular formula is C17H18FN3O2. The SMILES string of the molecule is Cc1ccc(CNC(=O)[C@H]2CC(=O)Nc3cc(F)ccc32)n1C. The second kappa shape index (κ2) is 5.87. The second-order valence-electron chi connectivity index (χ2n) is 5.78. The maximum atomic E-state index is 13.3. The zero-order valence-electron chi connectivity index (χ0n) is 13.0. The third kappa shape index (κ3) is 2.97. The van der Waals surface area contributed by atoms with Crippen LogP contribution in [-0.4, -0.2) is 16.4 Å². The Labute approximate surface area is 133 Å². The largest absolute Gasteiger partial charge is 0.350 e. The number of hydrogen-bond donors (Lipinski definition) is 2. The van der Waals surface area contributed by atoms with Crippen LogP contribution in [0.15, 0.2) is 30.3 Å². The number of nitrogens with zero attached hydrogens (tertiary/aromatic N) is 1. The molecule has 0 aliphatic carbocycles. The monoisotopic (exact) mass is 315 g/mol. The van der Waals surface area contributed by atoms with Crippen molar-refractivity contribution < 1.29 is 14.0 Å². The number of carbonyl (C=O) groups is 2. The fraction of sp³-hybridized carbons (Fsp3) is 0.294. The summed E-state index contributed by atoms with van der Waals surface area (Å²) in [4.78, 5) is 24.3. The summed E-state index contributed by atoms with van der Waals surface area (Å²) in [5.41, 5.74) is 3.10. The Kier molecular flexibility index (Phi) is 3.90. The number of hydrogen-bond acceptors (Lipinski definition) is 2. The molecule has 2 aromatic rings. The van der Waals surface area contributed by atoms with Crippen molar-refractivity contribution in [2.24, 2.45) is 7.05 Å². The molecule has 3 rings (SSSR count). The number of amides is 2. The number of carbonyl (C=O) groups excluding carboxylic acids is 2. The Bertz CT molecular complexity index is 782. The smallest absolute Gasteiger partial charge is 0.228 e. The van der Waals surface area contributed by atoms with Crippen molar-refractivity contribution in [1.82, 2.24) is 9.88 Å². The molecule has 1 aromatic carbocycles. The number of benzene rings is 1. The molecule has 6 heteroatoms. The normalized spacial score (nSPS) is 16.7. The van der Waals surface area contributed by atoms with Crippen molar-refractivity contribution in [3.05, 3.63) is 53.1 Å². The summed E-state index contributed by atoms with van der Waals surface area (Å²) in [5.74, 6) is -1.55. The van der Waals surface area contributed by atoms with E-state index < -0.39 is 11.7 Å². The van der Waals surface area contributed by atoms with Gasteiger partial charge in [0.2, 0.25) is 11.8 Å². The zero-order chi connectivity index (χ0) is 16.6. The Morgan fingerprint density at radius 3 is 2.87 bits per heavy atom. The molecule has 1 aliphatic heterocycles. The van der Waals surface area contributed by atoms with E-state index in [-0.39, 0.29) is 18.2 Å². The van der Waals surface area contributed by atoms with Crippen LogP contribution >= 0.6 is 0 Å². The first kappa shape index (κ1) is 15.3. The van der Waals surface area contributed by atoms with Gasteiger partial charge in [-0.25, -0.2) is 4.39 Å². The van der Waals surface area contributed by atoms with E-state index >= 15 is 0 Å². The fourth-order valence-electron chi connectivity index (χ4n) is 2.82. The Morgan fingerprint density at radius 2 is 2.17 bits per heavy atom. The van der Waals surface area contributed by atoms with E-state index in [1.807, 2.05) is 30.7 Å². The fourth-order valence-corrected chi connectivity index (χ4v) is 2.82. The first-order valence-electron chi connectivity index (χ1n) is 7.44. The minimum atomic E-state index is -0.597. The van der Waals surface area contributed by atoms with E-state index in [9.17, 15) is 14.0 Å². The van der Waals surface area contributed by atoms with Gasteiger partial charge in [-0.15, -0.1) is 0 Å². The average Bonchev–Trinajstić information content (AvgIpc) is 2.83. The molecule has 2 amide bonds. The number of aromatic nitrogens is 1. The first-order valence-corrected chi connectivity index (χ1v) is 7.44. The first-order chi connectivity index (χ1) is 11.0. The molecule has 0 radical (unpaired) electrons. The molecule has 120 valence electrons. The molecule has 0 saturated heterocycles. The summed E-state index contributed by atoms with van der Waals surface area (Å²) in [6.45, 7) is 2.37. The number of fused-ring (bicyclic) bond motifs is 1. The molecular weight excluding hydrogens is 297 g/mol. The van der Waals surface area contributed by atoms with Gasteiger partial charge in [0, 0.05) is 30.5 Å². The van der Waals surface area contributed by atoms with Crippen molar-refractivity contribution in [1.29, 1.82) is 0 Å². The zero-order valence-corrected chi connectivity index (χ0v) is 13.0. The predicted octanol–water partition coefficient (Wildman–Crippen LogP) is 2.21. The highest BCUT2D eigenvalue weighted by atomic mass is 19.1. The van der Waals surface area contributed by atoms with Crippen LogP contribution in [0, 0.1) is 12.7 Å². The van der Waals surface area contributed by atoms with E-state index in [0.717, 1.165) is 11.4 Å². The van der Waals surface area contributed by atoms with Gasteiger partial charge in [-0.1, -0.05) is 6.07 Å². The molecule has 0 bridgehead atoms. The minimum absolute atomic E-state index is 0.0661. The summed E-state index contributed by atoms with van der Waals surface area (Å²) < 4.78 is 15.3. The van der Waals surface area contributed by atoms with E-state index in [1.54, 1.807) is 6.07 Å². The van der Waals surface area contributed by atoms with Crippen LogP contribution in [0.4, 0.5) is 10.1 Å². The average molecular weight is 315 g/mol. The van der Waals surface area contributed by atoms with Gasteiger partial charge in [0.15, 0.2) is 0 Å². The second-order valence-corrected chi connectivity index (χ2v) is 5.78. The molecule has 5 nitrogen and oxygen atoms in total. The number of aryl methyl sites for hydroxylation is 1. The van der Waals surface area contributed by atoms with Gasteiger partial charge < -0.3 is 15.2 Å². The van der Waals surface area contributed by atoms with E-state index in [4.69, 9.17) is 0 Å². The van der Waals surface area contributed by atoms with Crippen LogP contribution in [0.2, 0.25) is 0 Å². The predicted molar refractivity (Wildman–Crippen MR) is 84.4 cm³/mol. The van der Waals surface area contributed by atoms with Gasteiger partial charge in [0.25, 0.3) is 0 Å². The van der Waals surface area contributed by atoms with Gasteiger partial charge in [0.1, 0.15) is 5.82 Å². The topological polar surface area (TPSA) is 63.1 Å². The van der Waals surface area contributed by atoms with Crippen molar-refractivity contribution >= 4 is 17.5 Å². The van der Waals surface area contributed by atoms with Crippen LogP contribution in [0.3, 0.4) is 0 Å². The maximum absolute atomic E-state index is 13.3. The van der Waals surface area contributed by atoms with Crippen LogP contribution in [-0.2, 0) is 23.2 Å². The van der Waals surface area contributed by atoms with Gasteiger partial charge in [0.05, 0.1) is 12.5 Å².